The fourth-order valence-electron chi connectivity index (χ4n) is 3.49. The highest BCUT2D eigenvalue weighted by molar-refractivity contribution is 6.35. The number of nitrogens with one attached hydrogen (secondary N) is 2. The van der Waals surface area contributed by atoms with Crippen molar-refractivity contribution < 1.29 is 9.59 Å². The number of nitrogens with zero attached hydrogens (tertiary/aromatic N) is 1. The number of rotatable bonds is 5. The topological polar surface area (TPSA) is 65.2 Å². The van der Waals surface area contributed by atoms with Crippen LogP contribution in [0.5, 0.6) is 0 Å². The van der Waals surface area contributed by atoms with Gasteiger partial charge in [-0.3, -0.25) is 9.59 Å². The Morgan fingerprint density at radius 2 is 1.89 bits per heavy atom. The molecular formula is C21H19Cl2N3O2. The average Bonchev–Trinajstić information content (AvgIpc) is 3.24. The van der Waals surface area contributed by atoms with Crippen molar-refractivity contribution in [2.75, 3.05) is 6.54 Å². The second-order valence-electron chi connectivity index (χ2n) is 7.04. The molecule has 7 heteroatoms. The van der Waals surface area contributed by atoms with Crippen molar-refractivity contribution >= 4 is 45.9 Å². The molecule has 0 aliphatic carbocycles. The first-order valence-corrected chi connectivity index (χ1v) is 9.80. The number of H-pyrrole nitrogens is 1. The maximum absolute atomic E-state index is 12.5. The first-order chi connectivity index (χ1) is 13.5. The zero-order valence-corrected chi connectivity index (χ0v) is 16.6. The van der Waals surface area contributed by atoms with Gasteiger partial charge in [0.25, 0.3) is 0 Å². The minimum atomic E-state index is -0.334. The molecule has 3 aromatic rings. The van der Waals surface area contributed by atoms with Gasteiger partial charge in [-0.1, -0.05) is 41.4 Å². The molecule has 1 aliphatic heterocycles. The van der Waals surface area contributed by atoms with Crippen LogP contribution in [0.3, 0.4) is 0 Å². The van der Waals surface area contributed by atoms with Gasteiger partial charge in [0.2, 0.25) is 11.8 Å². The molecule has 2 amide bonds. The van der Waals surface area contributed by atoms with Crippen LogP contribution in [0.15, 0.2) is 48.7 Å². The van der Waals surface area contributed by atoms with E-state index in [1.165, 1.54) is 0 Å². The molecular weight excluding hydrogens is 397 g/mol. The van der Waals surface area contributed by atoms with Gasteiger partial charge >= 0.3 is 0 Å². The van der Waals surface area contributed by atoms with Gasteiger partial charge in [0, 0.05) is 48.2 Å². The minimum absolute atomic E-state index is 0.00405. The van der Waals surface area contributed by atoms with Crippen molar-refractivity contribution in [2.24, 2.45) is 5.92 Å². The predicted octanol–water partition coefficient (Wildman–Crippen LogP) is 4.14. The van der Waals surface area contributed by atoms with Gasteiger partial charge < -0.3 is 15.2 Å². The summed E-state index contributed by atoms with van der Waals surface area (Å²) < 4.78 is 0. The largest absolute Gasteiger partial charge is 0.360 e. The zero-order chi connectivity index (χ0) is 19.7. The Balaban J connectivity index is 1.35. The van der Waals surface area contributed by atoms with Crippen molar-refractivity contribution in [3.63, 3.8) is 0 Å². The van der Waals surface area contributed by atoms with E-state index in [4.69, 9.17) is 23.2 Å². The molecule has 0 unspecified atom stereocenters. The number of carbonyl (C=O) groups excluding carboxylic acids is 2. The van der Waals surface area contributed by atoms with Crippen molar-refractivity contribution in [3.8, 4) is 0 Å². The van der Waals surface area contributed by atoms with Gasteiger partial charge in [-0.25, -0.2) is 0 Å². The van der Waals surface area contributed by atoms with Crippen LogP contribution in [-0.4, -0.2) is 28.2 Å². The number of amides is 2. The standard InChI is InChI=1S/C21H19Cl2N3O2/c22-16-4-1-13(2-5-16)11-26-12-15(8-20(26)27)21(28)25-9-14-3-6-19-17(7-14)18(23)10-24-19/h1-7,10,15,24H,8-9,11-12H2,(H,25,28)/t15-/m1/s1. The molecule has 144 valence electrons. The Hall–Kier alpha value is -2.50. The smallest absolute Gasteiger partial charge is 0.225 e. The van der Waals surface area contributed by atoms with E-state index in [2.05, 4.69) is 10.3 Å². The normalized spacial score (nSPS) is 16.7. The quantitative estimate of drug-likeness (QED) is 0.657. The highest BCUT2D eigenvalue weighted by Crippen LogP contribution is 2.24. The third-order valence-electron chi connectivity index (χ3n) is 5.03. The first-order valence-electron chi connectivity index (χ1n) is 9.05. The molecule has 0 saturated carbocycles. The fourth-order valence-corrected chi connectivity index (χ4v) is 3.82. The van der Waals surface area contributed by atoms with Crippen LogP contribution in [0.4, 0.5) is 0 Å². The summed E-state index contributed by atoms with van der Waals surface area (Å²) in [6.45, 7) is 1.32. The highest BCUT2D eigenvalue weighted by atomic mass is 35.5. The number of likely N-dealkylation sites (tertiary alicyclic amines) is 1. The molecule has 2 aromatic carbocycles. The summed E-state index contributed by atoms with van der Waals surface area (Å²) in [6, 6.07) is 13.2. The molecule has 1 aliphatic rings. The van der Waals surface area contributed by atoms with Crippen LogP contribution >= 0.6 is 23.2 Å². The van der Waals surface area contributed by atoms with Gasteiger partial charge in [0.15, 0.2) is 0 Å². The van der Waals surface area contributed by atoms with E-state index in [0.717, 1.165) is 22.0 Å². The molecule has 0 spiro atoms. The summed E-state index contributed by atoms with van der Waals surface area (Å²) >= 11 is 12.0. The van der Waals surface area contributed by atoms with Crippen LogP contribution in [0, 0.1) is 5.92 Å². The molecule has 1 aromatic heterocycles. The number of benzene rings is 2. The van der Waals surface area contributed by atoms with Gasteiger partial charge in [-0.05, 0) is 35.4 Å². The SMILES string of the molecule is O=C(NCc1ccc2[nH]cc(Cl)c2c1)[C@@H]1CC(=O)N(Cc2ccc(Cl)cc2)C1. The number of aromatic amines is 1. The van der Waals surface area contributed by atoms with Crippen molar-refractivity contribution in [1.82, 2.24) is 15.2 Å². The van der Waals surface area contributed by atoms with Gasteiger partial charge in [0.1, 0.15) is 0 Å². The van der Waals surface area contributed by atoms with Crippen LogP contribution in [0.25, 0.3) is 10.9 Å². The fraction of sp³-hybridized carbons (Fsp3) is 0.238. The summed E-state index contributed by atoms with van der Waals surface area (Å²) in [4.78, 5) is 29.6. The molecule has 1 fully saturated rings. The van der Waals surface area contributed by atoms with Crippen molar-refractivity contribution in [2.45, 2.75) is 19.5 Å². The third kappa shape index (κ3) is 4.01. The summed E-state index contributed by atoms with van der Waals surface area (Å²) in [5.41, 5.74) is 2.92. The van der Waals surface area contributed by atoms with Crippen molar-refractivity contribution in [1.29, 1.82) is 0 Å². The number of halogens is 2. The Bertz CT molecular complexity index is 1030. The van der Waals surface area contributed by atoms with Crippen LogP contribution in [-0.2, 0) is 22.7 Å². The molecule has 4 rings (SSSR count). The average molecular weight is 416 g/mol. The Morgan fingerprint density at radius 1 is 1.14 bits per heavy atom. The van der Waals surface area contributed by atoms with Crippen LogP contribution in [0.2, 0.25) is 10.0 Å². The van der Waals surface area contributed by atoms with Gasteiger partial charge in [-0.2, -0.15) is 0 Å². The third-order valence-corrected chi connectivity index (χ3v) is 5.60. The van der Waals surface area contributed by atoms with Crippen molar-refractivity contribution in [3.05, 3.63) is 69.8 Å². The lowest BCUT2D eigenvalue weighted by atomic mass is 10.1. The second kappa shape index (κ2) is 7.86. The van der Waals surface area contributed by atoms with E-state index >= 15 is 0 Å². The summed E-state index contributed by atoms with van der Waals surface area (Å²) in [5.74, 6) is -0.442. The first kappa shape index (κ1) is 18.8. The second-order valence-corrected chi connectivity index (χ2v) is 7.88. The van der Waals surface area contributed by atoms with E-state index in [1.54, 1.807) is 23.2 Å². The van der Waals surface area contributed by atoms with E-state index in [1.807, 2.05) is 30.3 Å². The molecule has 28 heavy (non-hydrogen) atoms. The molecule has 0 radical (unpaired) electrons. The van der Waals surface area contributed by atoms with Gasteiger partial charge in [-0.15, -0.1) is 0 Å². The molecule has 1 atom stereocenters. The Morgan fingerprint density at radius 3 is 2.68 bits per heavy atom. The minimum Gasteiger partial charge on any atom is -0.360 e. The summed E-state index contributed by atoms with van der Waals surface area (Å²) in [5, 5.41) is 5.19. The lowest BCUT2D eigenvalue weighted by Gasteiger charge is -2.17. The van der Waals surface area contributed by atoms with E-state index in [9.17, 15) is 9.59 Å². The number of aromatic nitrogens is 1. The number of hydrogen-bond acceptors (Lipinski definition) is 2. The number of fused-ring (bicyclic) bond motifs is 1. The molecule has 5 nitrogen and oxygen atoms in total. The summed E-state index contributed by atoms with van der Waals surface area (Å²) in [7, 11) is 0. The monoisotopic (exact) mass is 415 g/mol. The number of hydrogen-bond donors (Lipinski definition) is 2. The zero-order valence-electron chi connectivity index (χ0n) is 15.0. The van der Waals surface area contributed by atoms with E-state index < -0.39 is 0 Å². The van der Waals surface area contributed by atoms with Crippen LogP contribution in [0.1, 0.15) is 17.5 Å². The lowest BCUT2D eigenvalue weighted by molar-refractivity contribution is -0.129. The van der Waals surface area contributed by atoms with Crippen LogP contribution < -0.4 is 5.32 Å². The Labute approximate surface area is 172 Å². The molecule has 2 heterocycles. The summed E-state index contributed by atoms with van der Waals surface area (Å²) in [6.07, 6.45) is 1.98. The predicted molar refractivity (Wildman–Crippen MR) is 110 cm³/mol. The number of carbonyl (C=O) groups is 2. The van der Waals surface area contributed by atoms with E-state index in [0.29, 0.717) is 29.7 Å². The highest BCUT2D eigenvalue weighted by Gasteiger charge is 2.34. The molecule has 2 N–H and O–H groups in total. The molecule has 1 saturated heterocycles. The maximum Gasteiger partial charge on any atom is 0.225 e. The Kier molecular flexibility index (Phi) is 5.29. The molecule has 0 bridgehead atoms. The van der Waals surface area contributed by atoms with Gasteiger partial charge in [0.05, 0.1) is 10.9 Å². The lowest BCUT2D eigenvalue weighted by Crippen LogP contribution is -2.32. The maximum atomic E-state index is 12.5. The van der Waals surface area contributed by atoms with E-state index in [-0.39, 0.29) is 24.2 Å².